The minimum atomic E-state index is -0.311. The van der Waals surface area contributed by atoms with Crippen molar-refractivity contribution in [3.05, 3.63) is 53.5 Å². The third-order valence-electron chi connectivity index (χ3n) is 4.83. The van der Waals surface area contributed by atoms with E-state index in [0.717, 1.165) is 24.6 Å². The van der Waals surface area contributed by atoms with Crippen LogP contribution in [0, 0.1) is 6.92 Å². The molecule has 0 aliphatic carbocycles. The topological polar surface area (TPSA) is 93.0 Å². The van der Waals surface area contributed by atoms with Crippen LogP contribution in [-0.2, 0) is 9.53 Å². The molecule has 156 valence electrons. The van der Waals surface area contributed by atoms with Crippen molar-refractivity contribution in [2.24, 2.45) is 0 Å². The van der Waals surface area contributed by atoms with Gasteiger partial charge in [-0.1, -0.05) is 0 Å². The van der Waals surface area contributed by atoms with Gasteiger partial charge in [0.2, 0.25) is 5.91 Å². The summed E-state index contributed by atoms with van der Waals surface area (Å²) >= 11 is 0. The molecule has 1 aromatic carbocycles. The Kier molecular flexibility index (Phi) is 7.26. The first kappa shape index (κ1) is 20.9. The van der Waals surface area contributed by atoms with Gasteiger partial charge in [0.1, 0.15) is 17.3 Å². The summed E-state index contributed by atoms with van der Waals surface area (Å²) in [6.45, 7) is 5.04. The van der Waals surface area contributed by atoms with E-state index < -0.39 is 0 Å². The second-order valence-corrected chi connectivity index (χ2v) is 6.83. The average molecular weight is 401 g/mol. The number of methoxy groups -OCH3 is 1. The quantitative estimate of drug-likeness (QED) is 0.697. The van der Waals surface area contributed by atoms with Crippen LogP contribution in [0.25, 0.3) is 0 Å². The standard InChI is InChI=1S/C21H27N3O5/c1-15-3-8-19(29-15)18(24-9-11-28-12-10-24)13-22-20(25)14-23-21(26)16-4-6-17(27-2)7-5-16/h3-8,18H,9-14H2,1-2H3,(H,22,25)(H,23,26). The molecule has 0 bridgehead atoms. The van der Waals surface area contributed by atoms with Crippen LogP contribution in [0.4, 0.5) is 0 Å². The number of benzene rings is 1. The predicted molar refractivity (Wildman–Crippen MR) is 107 cm³/mol. The lowest BCUT2D eigenvalue weighted by molar-refractivity contribution is -0.120. The lowest BCUT2D eigenvalue weighted by Crippen LogP contribution is -2.45. The van der Waals surface area contributed by atoms with Gasteiger partial charge in [-0.2, -0.15) is 0 Å². The highest BCUT2D eigenvalue weighted by atomic mass is 16.5. The van der Waals surface area contributed by atoms with E-state index in [1.54, 1.807) is 31.4 Å². The smallest absolute Gasteiger partial charge is 0.251 e. The number of hydrogen-bond acceptors (Lipinski definition) is 6. The first-order valence-corrected chi connectivity index (χ1v) is 9.64. The van der Waals surface area contributed by atoms with E-state index in [9.17, 15) is 9.59 Å². The van der Waals surface area contributed by atoms with Crippen molar-refractivity contribution in [3.63, 3.8) is 0 Å². The molecular weight excluding hydrogens is 374 g/mol. The Hall–Kier alpha value is -2.84. The molecule has 29 heavy (non-hydrogen) atoms. The monoisotopic (exact) mass is 401 g/mol. The number of carbonyl (C=O) groups is 2. The van der Waals surface area contributed by atoms with Crippen LogP contribution in [0.3, 0.4) is 0 Å². The normalized spacial score (nSPS) is 15.5. The van der Waals surface area contributed by atoms with Crippen molar-refractivity contribution in [3.8, 4) is 5.75 Å². The molecule has 1 atom stereocenters. The van der Waals surface area contributed by atoms with Crippen molar-refractivity contribution < 1.29 is 23.5 Å². The van der Waals surface area contributed by atoms with Gasteiger partial charge in [0.05, 0.1) is 32.9 Å². The van der Waals surface area contributed by atoms with Crippen molar-refractivity contribution in [1.29, 1.82) is 0 Å². The zero-order chi connectivity index (χ0) is 20.6. The Morgan fingerprint density at radius 2 is 1.83 bits per heavy atom. The molecule has 2 amide bonds. The lowest BCUT2D eigenvalue weighted by atomic mass is 10.1. The van der Waals surface area contributed by atoms with Crippen LogP contribution < -0.4 is 15.4 Å². The third kappa shape index (κ3) is 5.82. The highest BCUT2D eigenvalue weighted by Gasteiger charge is 2.25. The zero-order valence-corrected chi connectivity index (χ0v) is 16.8. The molecule has 2 heterocycles. The molecule has 2 aromatic rings. The highest BCUT2D eigenvalue weighted by molar-refractivity contribution is 5.96. The summed E-state index contributed by atoms with van der Waals surface area (Å²) in [5.41, 5.74) is 0.468. The molecule has 8 nitrogen and oxygen atoms in total. The summed E-state index contributed by atoms with van der Waals surface area (Å²) in [7, 11) is 1.56. The van der Waals surface area contributed by atoms with Gasteiger partial charge in [-0.15, -0.1) is 0 Å². The van der Waals surface area contributed by atoms with E-state index in [1.165, 1.54) is 0 Å². The molecule has 0 spiro atoms. The summed E-state index contributed by atoms with van der Waals surface area (Å²) < 4.78 is 16.3. The number of nitrogens with zero attached hydrogens (tertiary/aromatic N) is 1. The van der Waals surface area contributed by atoms with E-state index >= 15 is 0 Å². The number of hydrogen-bond donors (Lipinski definition) is 2. The Balaban J connectivity index is 1.52. The largest absolute Gasteiger partial charge is 0.497 e. The summed E-state index contributed by atoms with van der Waals surface area (Å²) in [5, 5.41) is 5.53. The summed E-state index contributed by atoms with van der Waals surface area (Å²) in [4.78, 5) is 26.7. The Labute approximate surface area is 170 Å². The first-order valence-electron chi connectivity index (χ1n) is 9.64. The SMILES string of the molecule is COc1ccc(C(=O)NCC(=O)NCC(c2ccc(C)o2)N2CCOCC2)cc1. The summed E-state index contributed by atoms with van der Waals surface area (Å²) in [6.07, 6.45) is 0. The molecule has 1 fully saturated rings. The molecule has 1 aromatic heterocycles. The molecule has 0 radical (unpaired) electrons. The fourth-order valence-electron chi connectivity index (χ4n) is 3.21. The third-order valence-corrected chi connectivity index (χ3v) is 4.83. The van der Waals surface area contributed by atoms with Crippen molar-refractivity contribution in [2.45, 2.75) is 13.0 Å². The number of amides is 2. The van der Waals surface area contributed by atoms with E-state index in [4.69, 9.17) is 13.9 Å². The van der Waals surface area contributed by atoms with Crippen molar-refractivity contribution >= 4 is 11.8 Å². The van der Waals surface area contributed by atoms with Gasteiger partial charge in [-0.05, 0) is 43.3 Å². The maximum atomic E-state index is 12.3. The molecule has 3 rings (SSSR count). The summed E-state index contributed by atoms with van der Waals surface area (Å²) in [6, 6.07) is 10.5. The van der Waals surface area contributed by atoms with Crippen LogP contribution in [0.5, 0.6) is 5.75 Å². The molecule has 0 saturated carbocycles. The number of carbonyl (C=O) groups excluding carboxylic acids is 2. The Morgan fingerprint density at radius 3 is 2.45 bits per heavy atom. The van der Waals surface area contributed by atoms with Crippen LogP contribution in [-0.4, -0.2) is 63.2 Å². The number of nitrogens with one attached hydrogen (secondary N) is 2. The fraction of sp³-hybridized carbons (Fsp3) is 0.429. The van der Waals surface area contributed by atoms with Crippen LogP contribution >= 0.6 is 0 Å². The molecule has 8 heteroatoms. The van der Waals surface area contributed by atoms with Crippen molar-refractivity contribution in [1.82, 2.24) is 15.5 Å². The fourth-order valence-corrected chi connectivity index (χ4v) is 3.21. The van der Waals surface area contributed by atoms with Gasteiger partial charge in [0, 0.05) is 25.2 Å². The van der Waals surface area contributed by atoms with E-state index in [0.29, 0.717) is 31.1 Å². The molecular formula is C21H27N3O5. The number of ether oxygens (including phenoxy) is 2. The van der Waals surface area contributed by atoms with Crippen LogP contribution in [0.1, 0.15) is 27.9 Å². The number of morpholine rings is 1. The van der Waals surface area contributed by atoms with Gasteiger partial charge in [-0.3, -0.25) is 14.5 Å². The second-order valence-electron chi connectivity index (χ2n) is 6.83. The molecule has 1 unspecified atom stereocenters. The Bertz CT molecular complexity index is 812. The summed E-state index contributed by atoms with van der Waals surface area (Å²) in [5.74, 6) is 1.74. The van der Waals surface area contributed by atoms with Gasteiger partial charge in [-0.25, -0.2) is 0 Å². The zero-order valence-electron chi connectivity index (χ0n) is 16.8. The highest BCUT2D eigenvalue weighted by Crippen LogP contribution is 2.23. The Morgan fingerprint density at radius 1 is 1.10 bits per heavy atom. The molecule has 1 saturated heterocycles. The van der Waals surface area contributed by atoms with Gasteiger partial charge >= 0.3 is 0 Å². The van der Waals surface area contributed by atoms with E-state index in [2.05, 4.69) is 15.5 Å². The van der Waals surface area contributed by atoms with Gasteiger partial charge in [0.25, 0.3) is 5.91 Å². The lowest BCUT2D eigenvalue weighted by Gasteiger charge is -2.33. The van der Waals surface area contributed by atoms with Gasteiger partial charge in [0.15, 0.2) is 0 Å². The van der Waals surface area contributed by atoms with Crippen LogP contribution in [0.2, 0.25) is 0 Å². The van der Waals surface area contributed by atoms with Gasteiger partial charge < -0.3 is 24.5 Å². The van der Waals surface area contributed by atoms with E-state index in [-0.39, 0.29) is 24.4 Å². The molecule has 2 N–H and O–H groups in total. The first-order chi connectivity index (χ1) is 14.1. The minimum absolute atomic E-state index is 0.0751. The maximum Gasteiger partial charge on any atom is 0.251 e. The molecule has 1 aliphatic heterocycles. The van der Waals surface area contributed by atoms with E-state index in [1.807, 2.05) is 19.1 Å². The second kappa shape index (κ2) is 10.1. The van der Waals surface area contributed by atoms with Crippen LogP contribution in [0.15, 0.2) is 40.8 Å². The molecule has 1 aliphatic rings. The number of furan rings is 1. The average Bonchev–Trinajstić information content (AvgIpc) is 3.19. The number of rotatable bonds is 8. The van der Waals surface area contributed by atoms with Crippen molar-refractivity contribution in [2.75, 3.05) is 46.5 Å². The maximum absolute atomic E-state index is 12.3. The minimum Gasteiger partial charge on any atom is -0.497 e. The number of aryl methyl sites for hydroxylation is 1. The predicted octanol–water partition coefficient (Wildman–Crippen LogP) is 1.52.